The van der Waals surface area contributed by atoms with Gasteiger partial charge in [-0.2, -0.15) is 0 Å². The minimum atomic E-state index is -0.502. The van der Waals surface area contributed by atoms with Crippen molar-refractivity contribution < 1.29 is 14.3 Å². The van der Waals surface area contributed by atoms with Crippen molar-refractivity contribution >= 4 is 17.6 Å². The topological polar surface area (TPSA) is 99.0 Å². The Labute approximate surface area is 149 Å². The van der Waals surface area contributed by atoms with Gasteiger partial charge in [0.1, 0.15) is 6.33 Å². The van der Waals surface area contributed by atoms with Gasteiger partial charge < -0.3 is 10.1 Å². The highest BCUT2D eigenvalue weighted by Crippen LogP contribution is 2.18. The third-order valence-electron chi connectivity index (χ3n) is 3.39. The van der Waals surface area contributed by atoms with Crippen LogP contribution in [0.4, 0.5) is 5.69 Å². The lowest BCUT2D eigenvalue weighted by molar-refractivity contribution is 0.0379. The lowest BCUT2D eigenvalue weighted by atomic mass is 10.1. The van der Waals surface area contributed by atoms with E-state index in [0.29, 0.717) is 11.5 Å². The van der Waals surface area contributed by atoms with Gasteiger partial charge in [0.25, 0.3) is 5.91 Å². The second kappa shape index (κ2) is 7.56. The molecule has 132 valence electrons. The molecule has 8 heteroatoms. The van der Waals surface area contributed by atoms with Crippen LogP contribution in [0, 0.1) is 0 Å². The molecule has 8 nitrogen and oxygen atoms in total. The summed E-state index contributed by atoms with van der Waals surface area (Å²) in [5, 5.41) is 10.6. The third-order valence-corrected chi connectivity index (χ3v) is 3.39. The Balaban J connectivity index is 1.77. The van der Waals surface area contributed by atoms with Gasteiger partial charge in [0, 0.05) is 12.4 Å². The highest BCUT2D eigenvalue weighted by molar-refractivity contribution is 6.07. The molecule has 0 spiro atoms. The number of esters is 1. The first-order valence-corrected chi connectivity index (χ1v) is 7.98. The maximum absolute atomic E-state index is 12.4. The van der Waals surface area contributed by atoms with Gasteiger partial charge in [0.15, 0.2) is 11.5 Å². The number of rotatable bonds is 5. The van der Waals surface area contributed by atoms with Crippen molar-refractivity contribution in [1.29, 1.82) is 0 Å². The molecule has 3 rings (SSSR count). The van der Waals surface area contributed by atoms with Crippen LogP contribution in [0.2, 0.25) is 0 Å². The molecule has 2 heterocycles. The van der Waals surface area contributed by atoms with Crippen molar-refractivity contribution in [3.63, 3.8) is 0 Å². The molecule has 0 saturated heterocycles. The van der Waals surface area contributed by atoms with Crippen LogP contribution in [0.5, 0.6) is 0 Å². The second-order valence-corrected chi connectivity index (χ2v) is 5.70. The number of hydrogen-bond donors (Lipinski definition) is 1. The average molecular weight is 351 g/mol. The van der Waals surface area contributed by atoms with E-state index in [1.54, 1.807) is 73.5 Å². The van der Waals surface area contributed by atoms with E-state index in [2.05, 4.69) is 20.5 Å². The maximum atomic E-state index is 12.4. The van der Waals surface area contributed by atoms with Gasteiger partial charge >= 0.3 is 5.97 Å². The normalized spacial score (nSPS) is 10.6. The number of para-hydroxylation sites is 1. The molecule has 0 atom stereocenters. The highest BCUT2D eigenvalue weighted by Gasteiger charge is 2.17. The van der Waals surface area contributed by atoms with Crippen molar-refractivity contribution in [1.82, 2.24) is 19.7 Å². The van der Waals surface area contributed by atoms with Crippen molar-refractivity contribution in [2.24, 2.45) is 0 Å². The van der Waals surface area contributed by atoms with Gasteiger partial charge in [-0.1, -0.05) is 12.1 Å². The van der Waals surface area contributed by atoms with Crippen molar-refractivity contribution in [2.45, 2.75) is 20.0 Å². The number of ether oxygens (including phenoxy) is 1. The quantitative estimate of drug-likeness (QED) is 0.709. The molecule has 2 aromatic heterocycles. The fourth-order valence-corrected chi connectivity index (χ4v) is 2.21. The van der Waals surface area contributed by atoms with Gasteiger partial charge in [-0.15, -0.1) is 10.2 Å². The number of anilines is 1. The Kier molecular flexibility index (Phi) is 5.02. The van der Waals surface area contributed by atoms with E-state index >= 15 is 0 Å². The summed E-state index contributed by atoms with van der Waals surface area (Å²) in [6, 6.07) is 9.84. The summed E-state index contributed by atoms with van der Waals surface area (Å²) in [4.78, 5) is 28.5. The largest absolute Gasteiger partial charge is 0.459 e. The van der Waals surface area contributed by atoms with Crippen LogP contribution < -0.4 is 5.32 Å². The number of imidazole rings is 1. The lowest BCUT2D eigenvalue weighted by Crippen LogP contribution is -2.19. The Hall–Kier alpha value is -3.55. The summed E-state index contributed by atoms with van der Waals surface area (Å²) in [5.41, 5.74) is 0.752. The molecular formula is C18H17N5O3. The Morgan fingerprint density at radius 3 is 2.58 bits per heavy atom. The van der Waals surface area contributed by atoms with Gasteiger partial charge in [-0.05, 0) is 38.1 Å². The minimum Gasteiger partial charge on any atom is -0.459 e. The number of aromatic nitrogens is 4. The second-order valence-electron chi connectivity index (χ2n) is 5.70. The molecule has 0 aliphatic rings. The van der Waals surface area contributed by atoms with E-state index in [9.17, 15) is 9.59 Å². The summed E-state index contributed by atoms with van der Waals surface area (Å²) in [6.45, 7) is 3.52. The van der Waals surface area contributed by atoms with Crippen molar-refractivity contribution in [2.75, 3.05) is 5.32 Å². The van der Waals surface area contributed by atoms with E-state index in [0.717, 1.165) is 0 Å². The van der Waals surface area contributed by atoms with Gasteiger partial charge in [0.2, 0.25) is 0 Å². The molecule has 0 fully saturated rings. The summed E-state index contributed by atoms with van der Waals surface area (Å²) in [7, 11) is 0. The molecule has 0 saturated carbocycles. The van der Waals surface area contributed by atoms with E-state index in [4.69, 9.17) is 4.74 Å². The van der Waals surface area contributed by atoms with Crippen LogP contribution in [-0.2, 0) is 4.74 Å². The zero-order valence-electron chi connectivity index (χ0n) is 14.3. The van der Waals surface area contributed by atoms with Crippen LogP contribution in [0.15, 0.2) is 55.1 Å². The standard InChI is InChI=1S/C18H17N5O3/c1-12(2)26-18(25)13-5-3-4-6-14(13)20-17(24)15-7-8-16(22-21-15)23-10-9-19-11-23/h3-12H,1-2H3,(H,20,24). The minimum absolute atomic E-state index is 0.126. The average Bonchev–Trinajstić information content (AvgIpc) is 3.16. The van der Waals surface area contributed by atoms with Crippen LogP contribution in [0.3, 0.4) is 0 Å². The molecule has 3 aromatic rings. The van der Waals surface area contributed by atoms with Crippen LogP contribution in [-0.4, -0.2) is 37.7 Å². The SMILES string of the molecule is CC(C)OC(=O)c1ccccc1NC(=O)c1ccc(-n2ccnc2)nn1. The fourth-order valence-electron chi connectivity index (χ4n) is 2.21. The van der Waals surface area contributed by atoms with Gasteiger partial charge in [-0.3, -0.25) is 9.36 Å². The summed E-state index contributed by atoms with van der Waals surface area (Å²) >= 11 is 0. The molecule has 0 radical (unpaired) electrons. The molecule has 0 unspecified atom stereocenters. The summed E-state index contributed by atoms with van der Waals surface area (Å²) in [5.74, 6) is -0.433. The Morgan fingerprint density at radius 2 is 1.92 bits per heavy atom. The maximum Gasteiger partial charge on any atom is 0.340 e. The monoisotopic (exact) mass is 351 g/mol. The van der Waals surface area contributed by atoms with Crippen molar-refractivity contribution in [3.8, 4) is 5.82 Å². The summed E-state index contributed by atoms with van der Waals surface area (Å²) in [6.07, 6.45) is 4.67. The van der Waals surface area contributed by atoms with Crippen LogP contribution in [0.25, 0.3) is 5.82 Å². The van der Waals surface area contributed by atoms with Gasteiger partial charge in [0.05, 0.1) is 17.4 Å². The number of hydrogen-bond acceptors (Lipinski definition) is 6. The molecule has 0 bridgehead atoms. The highest BCUT2D eigenvalue weighted by atomic mass is 16.5. The number of nitrogens with zero attached hydrogens (tertiary/aromatic N) is 4. The van der Waals surface area contributed by atoms with E-state index in [1.165, 1.54) is 0 Å². The zero-order chi connectivity index (χ0) is 18.5. The number of nitrogens with one attached hydrogen (secondary N) is 1. The summed E-state index contributed by atoms with van der Waals surface area (Å²) < 4.78 is 6.87. The first-order valence-electron chi connectivity index (χ1n) is 7.98. The Bertz CT molecular complexity index is 905. The molecule has 1 aromatic carbocycles. The van der Waals surface area contributed by atoms with E-state index in [1.807, 2.05) is 0 Å². The predicted octanol–water partition coefficient (Wildman–Crippen LogP) is 2.48. The fraction of sp³-hybridized carbons (Fsp3) is 0.167. The molecule has 1 amide bonds. The first-order chi connectivity index (χ1) is 12.5. The predicted molar refractivity (Wildman–Crippen MR) is 94.1 cm³/mol. The number of amides is 1. The smallest absolute Gasteiger partial charge is 0.340 e. The third kappa shape index (κ3) is 3.92. The number of carbonyl (C=O) groups is 2. The van der Waals surface area contributed by atoms with E-state index < -0.39 is 11.9 Å². The molecular weight excluding hydrogens is 334 g/mol. The van der Waals surface area contributed by atoms with E-state index in [-0.39, 0.29) is 17.4 Å². The molecule has 0 aliphatic heterocycles. The first kappa shape index (κ1) is 17.3. The molecule has 26 heavy (non-hydrogen) atoms. The van der Waals surface area contributed by atoms with Crippen LogP contribution >= 0.6 is 0 Å². The Morgan fingerprint density at radius 1 is 1.12 bits per heavy atom. The number of benzene rings is 1. The van der Waals surface area contributed by atoms with Crippen molar-refractivity contribution in [3.05, 3.63) is 66.4 Å². The molecule has 1 N–H and O–H groups in total. The van der Waals surface area contributed by atoms with Gasteiger partial charge in [-0.25, -0.2) is 9.78 Å². The molecule has 0 aliphatic carbocycles. The van der Waals surface area contributed by atoms with Crippen LogP contribution in [0.1, 0.15) is 34.7 Å². The lowest BCUT2D eigenvalue weighted by Gasteiger charge is -2.12. The number of carbonyl (C=O) groups excluding carboxylic acids is 2. The zero-order valence-corrected chi connectivity index (χ0v) is 14.3.